The minimum absolute atomic E-state index is 0.0270. The topological polar surface area (TPSA) is 170 Å². The van der Waals surface area contributed by atoms with E-state index in [1.54, 1.807) is 91.2 Å². The van der Waals surface area contributed by atoms with Crippen LogP contribution in [0.1, 0.15) is 217 Å². The maximum atomic E-state index is 12.8. The minimum atomic E-state index is -1.50. The van der Waals surface area contributed by atoms with Crippen LogP contribution in [-0.2, 0) is 32.1 Å². The molecule has 4 aliphatic carbocycles. The average molecular weight is 1580 g/mol. The van der Waals surface area contributed by atoms with Crippen LogP contribution in [0.5, 0.6) is 34.5 Å². The van der Waals surface area contributed by atoms with Crippen molar-refractivity contribution in [1.82, 2.24) is 0 Å². The summed E-state index contributed by atoms with van der Waals surface area (Å²) < 4.78 is 31.6. The van der Waals surface area contributed by atoms with E-state index in [9.17, 15) is 30.0 Å². The summed E-state index contributed by atoms with van der Waals surface area (Å²) in [5.41, 5.74) is 25.8. The van der Waals surface area contributed by atoms with Gasteiger partial charge in [-0.15, -0.1) is 0 Å². The second-order valence-electron chi connectivity index (χ2n) is 29.9. The van der Waals surface area contributed by atoms with Gasteiger partial charge >= 0.3 is 0 Å². The number of methoxy groups -OCH3 is 6. The highest BCUT2D eigenvalue weighted by Gasteiger charge is 2.30. The Balaban J connectivity index is 0.000000139. The fraction of sp³-hybridized carbons (Fsp3) is 0.264. The normalized spacial score (nSPS) is 14.8. The van der Waals surface area contributed by atoms with E-state index >= 15 is 0 Å². The van der Waals surface area contributed by atoms with E-state index in [0.29, 0.717) is 47.1 Å². The van der Waals surface area contributed by atoms with E-state index in [1.807, 2.05) is 105 Å². The van der Waals surface area contributed by atoms with Crippen LogP contribution < -0.4 is 28.4 Å². The van der Waals surface area contributed by atoms with Crippen LogP contribution in [0.3, 0.4) is 0 Å². The Morgan fingerprint density at radius 3 is 1.50 bits per heavy atom. The molecule has 0 saturated heterocycles. The van der Waals surface area contributed by atoms with E-state index in [0.717, 1.165) is 102 Å². The lowest BCUT2D eigenvalue weighted by atomic mass is 9.88. The monoisotopic (exact) mass is 1580 g/mol. The van der Waals surface area contributed by atoms with Crippen LogP contribution >= 0.6 is 0 Å². The van der Waals surface area contributed by atoms with E-state index in [2.05, 4.69) is 172 Å². The van der Waals surface area contributed by atoms with Gasteiger partial charge in [0.25, 0.3) is 0 Å². The molecule has 12 heteroatoms. The Morgan fingerprint density at radius 1 is 0.390 bits per heavy atom. The smallest absolute Gasteiger partial charge is 0.193 e. The summed E-state index contributed by atoms with van der Waals surface area (Å²) in [6.07, 6.45) is 11.0. The predicted octanol–water partition coefficient (Wildman–Crippen LogP) is 22.4. The van der Waals surface area contributed by atoms with Crippen molar-refractivity contribution in [2.24, 2.45) is 0 Å². The molecule has 0 saturated carbocycles. The molecular weight excluding hydrogens is 1470 g/mol. The molecule has 12 aromatic rings. The molecule has 4 N–H and O–H groups in total. The molecule has 4 aliphatic rings. The van der Waals surface area contributed by atoms with Gasteiger partial charge in [-0.1, -0.05) is 247 Å². The van der Waals surface area contributed by atoms with Crippen LogP contribution in [-0.4, -0.2) is 87.2 Å². The van der Waals surface area contributed by atoms with Gasteiger partial charge < -0.3 is 48.8 Å². The van der Waals surface area contributed by atoms with Gasteiger partial charge in [0.15, 0.2) is 24.1 Å². The first kappa shape index (κ1) is 86.9. The molecule has 16 rings (SSSR count). The van der Waals surface area contributed by atoms with Crippen molar-refractivity contribution in [2.45, 2.75) is 141 Å². The molecule has 118 heavy (non-hydrogen) atoms. The SMILES string of the molecule is CCC(c1ccccc1C(=O)c1cccc(OC)c1)C(O)O.CCC(c1ccccc1Cc1cccc(OC)c1)C(O)O.CCC1C(=O)c2ccc(OC)cc2Cc2ccccc21.CCC1C=C(c2cccc(OC)c2)c2ccccc21.CCC1Cc2ccc(OC)cc2Cc2ccccc21.COc1cccc(C2=CCc3ccccc32)c1. The molecule has 0 aliphatic heterocycles. The van der Waals surface area contributed by atoms with Crippen molar-refractivity contribution < 1.29 is 58.4 Å². The highest BCUT2D eigenvalue weighted by molar-refractivity contribution is 6.10. The Kier molecular flexibility index (Phi) is 31.5. The van der Waals surface area contributed by atoms with Crippen LogP contribution in [0.4, 0.5) is 0 Å². The zero-order chi connectivity index (χ0) is 83.6. The summed E-state index contributed by atoms with van der Waals surface area (Å²) in [4.78, 5) is 25.5. The van der Waals surface area contributed by atoms with Crippen molar-refractivity contribution in [1.29, 1.82) is 0 Å². The van der Waals surface area contributed by atoms with Gasteiger partial charge in [0.05, 0.1) is 42.7 Å². The first-order valence-electron chi connectivity index (χ1n) is 41.1. The summed E-state index contributed by atoms with van der Waals surface area (Å²) in [7, 11) is 10.0. The van der Waals surface area contributed by atoms with Crippen molar-refractivity contribution in [3.63, 3.8) is 0 Å². The maximum absolute atomic E-state index is 12.8. The van der Waals surface area contributed by atoms with Gasteiger partial charge in [-0.3, -0.25) is 9.59 Å². The number of Topliss-reactive ketones (excluding diaryl/α,β-unsaturated/α-hetero) is 1. The average Bonchev–Trinajstić information content (AvgIpc) is 1.67. The molecule has 0 aromatic heterocycles. The number of allylic oxidation sites excluding steroid dienone is 2. The zero-order valence-corrected chi connectivity index (χ0v) is 69.9. The van der Waals surface area contributed by atoms with Crippen molar-refractivity contribution in [2.75, 3.05) is 42.7 Å². The molecule has 0 radical (unpaired) electrons. The molecule has 0 fully saturated rings. The number of hydrogen-bond donors (Lipinski definition) is 4. The van der Waals surface area contributed by atoms with Crippen molar-refractivity contribution in [3.8, 4) is 34.5 Å². The number of rotatable bonds is 21. The summed E-state index contributed by atoms with van der Waals surface area (Å²) in [5.74, 6) is 5.51. The van der Waals surface area contributed by atoms with E-state index in [1.165, 1.54) is 84.3 Å². The molecule has 0 heterocycles. The first-order chi connectivity index (χ1) is 57.5. The van der Waals surface area contributed by atoms with Gasteiger partial charge in [-0.25, -0.2) is 0 Å². The van der Waals surface area contributed by atoms with Crippen LogP contribution in [0, 0.1) is 0 Å². The van der Waals surface area contributed by atoms with Gasteiger partial charge in [0.2, 0.25) is 0 Å². The number of carbonyl (C=O) groups is 2. The summed E-state index contributed by atoms with van der Waals surface area (Å²) in [5, 5.41) is 38.2. The largest absolute Gasteiger partial charge is 0.497 e. The van der Waals surface area contributed by atoms with Gasteiger partial charge in [-0.05, 0) is 255 Å². The van der Waals surface area contributed by atoms with Crippen LogP contribution in [0.25, 0.3) is 11.1 Å². The molecule has 5 atom stereocenters. The van der Waals surface area contributed by atoms with Gasteiger partial charge in [0.1, 0.15) is 34.5 Å². The third kappa shape index (κ3) is 21.5. The highest BCUT2D eigenvalue weighted by Crippen LogP contribution is 2.43. The molecule has 0 bridgehead atoms. The number of hydrogen-bond acceptors (Lipinski definition) is 12. The van der Waals surface area contributed by atoms with Crippen LogP contribution in [0.15, 0.2) is 291 Å². The van der Waals surface area contributed by atoms with Gasteiger partial charge in [-0.2, -0.15) is 0 Å². The van der Waals surface area contributed by atoms with E-state index < -0.39 is 18.5 Å². The summed E-state index contributed by atoms with van der Waals surface area (Å²) in [6, 6.07) is 93.1. The number of ether oxygens (including phenoxy) is 6. The number of ketones is 2. The van der Waals surface area contributed by atoms with Crippen molar-refractivity contribution >= 4 is 22.7 Å². The Morgan fingerprint density at radius 2 is 0.881 bits per heavy atom. The molecule has 12 aromatic carbocycles. The lowest BCUT2D eigenvalue weighted by Crippen LogP contribution is -2.20. The lowest BCUT2D eigenvalue weighted by Gasteiger charge is -2.21. The number of benzene rings is 12. The second-order valence-corrected chi connectivity index (χ2v) is 29.9. The second kappa shape index (κ2) is 42.8. The molecular formula is C106H112O12. The van der Waals surface area contributed by atoms with E-state index in [-0.39, 0.29) is 23.4 Å². The fourth-order valence-electron chi connectivity index (χ4n) is 16.6. The third-order valence-electron chi connectivity index (χ3n) is 22.9. The van der Waals surface area contributed by atoms with E-state index in [4.69, 9.17) is 28.4 Å². The molecule has 0 amide bonds. The maximum Gasteiger partial charge on any atom is 0.193 e. The van der Waals surface area contributed by atoms with Gasteiger partial charge in [0, 0.05) is 40.4 Å². The first-order valence-corrected chi connectivity index (χ1v) is 41.1. The molecule has 0 spiro atoms. The number of carbonyl (C=O) groups excluding carboxylic acids is 2. The molecule has 608 valence electrons. The highest BCUT2D eigenvalue weighted by atomic mass is 16.5. The molecule has 12 nitrogen and oxygen atoms in total. The Labute approximate surface area is 697 Å². The zero-order valence-electron chi connectivity index (χ0n) is 69.9. The molecule has 5 unspecified atom stereocenters. The lowest BCUT2D eigenvalue weighted by molar-refractivity contribution is -0.0617. The third-order valence-corrected chi connectivity index (χ3v) is 22.9. The Bertz CT molecular complexity index is 5400. The number of aliphatic hydroxyl groups is 4. The number of fused-ring (bicyclic) bond motifs is 6. The fourth-order valence-corrected chi connectivity index (χ4v) is 16.6. The van der Waals surface area contributed by atoms with Crippen LogP contribution in [0.2, 0.25) is 0 Å². The quantitative estimate of drug-likeness (QED) is 0.0397. The standard InChI is InChI=1S/C18H20O4.C18H22O3.C18H18O2.C18H18O.C18H20O.C16H14O/c1-3-14(18(20)21)15-9-4-5-10-16(15)17(19)12-7-6-8-13(11-12)22-2;1-3-16(18(19)20)17-10-5-4-8-14(17)11-13-7-6-9-15(12-13)21-2;1-3-15-16-7-5-4-6-12(16)10-13-11-14(20-2)8-9-17(13)18(15)19;1-3-13-12-18(17-10-5-4-9-16(13)17)14-7-6-8-15(11-14)19-2;1-3-13-10-14-8-9-17(19-2)12-16(14)11-15-6-4-5-7-18(13)15;1-17-14-7-4-6-13(11-14)16-10-9-12-5-2-3-8-15(12)16/h4-11,14,18,20-21H,3H2,1-2H3;4-10,12,16,18-20H,3,11H2,1-2H3;4-9,11,15H,3,10H2,1-2H3;4-13H,3H2,1-2H3;4-9,12-13H,3,10-11H2,1-2H3;2-8,10-11H,9H2,1H3. The minimum Gasteiger partial charge on any atom is -0.497 e. The predicted molar refractivity (Wildman–Crippen MR) is 476 cm³/mol. The summed E-state index contributed by atoms with van der Waals surface area (Å²) >= 11 is 0. The summed E-state index contributed by atoms with van der Waals surface area (Å²) in [6.45, 7) is 10.4. The van der Waals surface area contributed by atoms with Crippen molar-refractivity contribution in [3.05, 3.63) is 402 Å². The Hall–Kier alpha value is -11.9. The number of aliphatic hydroxyl groups excluding tert-OH is 2.